The molecule has 1 fully saturated rings. The Bertz CT molecular complexity index is 1040. The second-order valence-electron chi connectivity index (χ2n) is 10.4. The van der Waals surface area contributed by atoms with Gasteiger partial charge in [-0.25, -0.2) is 4.39 Å². The van der Waals surface area contributed by atoms with E-state index in [-0.39, 0.29) is 5.82 Å². The summed E-state index contributed by atoms with van der Waals surface area (Å²) in [5.74, 6) is 0.0912. The van der Waals surface area contributed by atoms with Crippen molar-refractivity contribution < 1.29 is 4.39 Å². The fourth-order valence-corrected chi connectivity index (χ4v) is 6.13. The van der Waals surface area contributed by atoms with Gasteiger partial charge in [0.05, 0.1) is 11.5 Å². The van der Waals surface area contributed by atoms with Crippen molar-refractivity contribution in [1.82, 2.24) is 4.90 Å². The van der Waals surface area contributed by atoms with Crippen molar-refractivity contribution in [1.29, 1.82) is 5.26 Å². The van der Waals surface area contributed by atoms with E-state index in [2.05, 4.69) is 78.6 Å². The predicted octanol–water partition coefficient (Wildman–Crippen LogP) is 8.43. The van der Waals surface area contributed by atoms with E-state index in [1.165, 1.54) is 42.5 Å². The van der Waals surface area contributed by atoms with Gasteiger partial charge in [-0.1, -0.05) is 99.0 Å². The number of nitriles is 1. The molecule has 3 heteroatoms. The fraction of sp³-hybridized carbons (Fsp3) is 0.424. The Balaban J connectivity index is 1.60. The molecule has 0 saturated heterocycles. The molecule has 0 spiro atoms. The Morgan fingerprint density at radius 1 is 0.861 bits per heavy atom. The Morgan fingerprint density at radius 2 is 1.42 bits per heavy atom. The number of rotatable bonds is 11. The van der Waals surface area contributed by atoms with Crippen LogP contribution in [0.5, 0.6) is 0 Å². The van der Waals surface area contributed by atoms with E-state index in [1.54, 1.807) is 0 Å². The summed E-state index contributed by atoms with van der Waals surface area (Å²) in [7, 11) is 0. The third-order valence-electron chi connectivity index (χ3n) is 8.18. The largest absolute Gasteiger partial charge is 0.292 e. The van der Waals surface area contributed by atoms with Crippen molar-refractivity contribution in [3.63, 3.8) is 0 Å². The summed E-state index contributed by atoms with van der Waals surface area (Å²) in [6, 6.07) is 31.3. The lowest BCUT2D eigenvalue weighted by Gasteiger charge is -2.40. The lowest BCUT2D eigenvalue weighted by Crippen LogP contribution is -2.39. The maximum Gasteiger partial charge on any atom is 0.123 e. The van der Waals surface area contributed by atoms with Crippen LogP contribution in [0.25, 0.3) is 0 Å². The fourth-order valence-electron chi connectivity index (χ4n) is 6.13. The average Bonchev–Trinajstić information content (AvgIpc) is 2.93. The highest BCUT2D eigenvalue weighted by molar-refractivity contribution is 5.34. The maximum atomic E-state index is 13.8. The molecule has 1 saturated carbocycles. The van der Waals surface area contributed by atoms with Crippen LogP contribution in [0.2, 0.25) is 0 Å². The zero-order valence-electron chi connectivity index (χ0n) is 21.6. The first-order valence-electron chi connectivity index (χ1n) is 13.6. The van der Waals surface area contributed by atoms with Crippen LogP contribution in [0, 0.1) is 23.1 Å². The lowest BCUT2D eigenvalue weighted by atomic mass is 9.63. The van der Waals surface area contributed by atoms with Gasteiger partial charge in [-0.2, -0.15) is 5.26 Å². The quantitative estimate of drug-likeness (QED) is 0.274. The van der Waals surface area contributed by atoms with Crippen LogP contribution in [-0.2, 0) is 18.5 Å². The third-order valence-corrected chi connectivity index (χ3v) is 8.18. The minimum Gasteiger partial charge on any atom is -0.292 e. The molecule has 0 amide bonds. The van der Waals surface area contributed by atoms with Gasteiger partial charge in [-0.05, 0) is 66.8 Å². The van der Waals surface area contributed by atoms with Crippen LogP contribution < -0.4 is 0 Å². The molecule has 1 aliphatic rings. The Labute approximate surface area is 216 Å². The molecule has 4 rings (SSSR count). The third kappa shape index (κ3) is 6.42. The summed E-state index contributed by atoms with van der Waals surface area (Å²) in [6.45, 7) is 4.03. The summed E-state index contributed by atoms with van der Waals surface area (Å²) in [5, 5.41) is 10.7. The summed E-state index contributed by atoms with van der Waals surface area (Å²) in [4.78, 5) is 2.58. The second-order valence-corrected chi connectivity index (χ2v) is 10.4. The molecular formula is C33H39FN2. The zero-order chi connectivity index (χ0) is 25.2. The summed E-state index contributed by atoms with van der Waals surface area (Å²) >= 11 is 0. The van der Waals surface area contributed by atoms with Crippen LogP contribution in [-0.4, -0.2) is 10.9 Å². The van der Waals surface area contributed by atoms with E-state index in [9.17, 15) is 9.65 Å². The van der Waals surface area contributed by atoms with E-state index in [0.717, 1.165) is 50.8 Å². The summed E-state index contributed by atoms with van der Waals surface area (Å²) in [6.07, 6.45) is 8.55. The molecule has 2 nitrogen and oxygen atoms in total. The number of hydrogen-bond acceptors (Lipinski definition) is 2. The monoisotopic (exact) mass is 482 g/mol. The highest BCUT2D eigenvalue weighted by Crippen LogP contribution is 2.44. The van der Waals surface area contributed by atoms with Crippen molar-refractivity contribution in [2.75, 3.05) is 0 Å². The Morgan fingerprint density at radius 3 is 1.92 bits per heavy atom. The van der Waals surface area contributed by atoms with Crippen molar-refractivity contribution in [2.45, 2.75) is 82.8 Å². The summed E-state index contributed by atoms with van der Waals surface area (Å²) < 4.78 is 13.8. The van der Waals surface area contributed by atoms with E-state index in [4.69, 9.17) is 0 Å². The predicted molar refractivity (Wildman–Crippen MR) is 146 cm³/mol. The highest BCUT2D eigenvalue weighted by atomic mass is 19.1. The van der Waals surface area contributed by atoms with Crippen molar-refractivity contribution in [2.24, 2.45) is 5.92 Å². The SMILES string of the molecule is CCC(CCC(C#N)(c1ccc(F)cc1)C1CCCCC1)N(Cc1ccccc1)Cc1ccccc1. The van der Waals surface area contributed by atoms with Crippen LogP contribution in [0.1, 0.15) is 75.0 Å². The van der Waals surface area contributed by atoms with Crippen molar-refractivity contribution in [3.8, 4) is 6.07 Å². The minimum atomic E-state index is -0.563. The molecule has 0 aromatic heterocycles. The molecule has 2 unspecified atom stereocenters. The smallest absolute Gasteiger partial charge is 0.123 e. The summed E-state index contributed by atoms with van der Waals surface area (Å²) in [5.41, 5.74) is 3.05. The molecule has 188 valence electrons. The van der Waals surface area contributed by atoms with Crippen LogP contribution in [0.4, 0.5) is 4.39 Å². The van der Waals surface area contributed by atoms with Gasteiger partial charge in [0.1, 0.15) is 5.82 Å². The number of hydrogen-bond donors (Lipinski definition) is 0. The van der Waals surface area contributed by atoms with Crippen LogP contribution >= 0.6 is 0 Å². The molecule has 0 heterocycles. The van der Waals surface area contributed by atoms with Gasteiger partial charge in [-0.3, -0.25) is 4.90 Å². The zero-order valence-corrected chi connectivity index (χ0v) is 21.6. The van der Waals surface area contributed by atoms with E-state index < -0.39 is 5.41 Å². The standard InChI is InChI=1S/C33H39FN2/c1-2-32(36(24-27-12-6-3-7-13-27)25-28-14-8-4-9-15-28)22-23-33(26-35,29-16-10-5-11-17-29)30-18-20-31(34)21-19-30/h3-4,6-9,12-15,18-21,29,32H,2,5,10-11,16-17,22-25H2,1H3. The van der Waals surface area contributed by atoms with Crippen LogP contribution in [0.3, 0.4) is 0 Å². The molecule has 3 aromatic rings. The van der Waals surface area contributed by atoms with Gasteiger partial charge < -0.3 is 0 Å². The molecule has 2 atom stereocenters. The average molecular weight is 483 g/mol. The van der Waals surface area contributed by atoms with Gasteiger partial charge in [0.15, 0.2) is 0 Å². The van der Waals surface area contributed by atoms with E-state index in [1.807, 2.05) is 12.1 Å². The van der Waals surface area contributed by atoms with Gasteiger partial charge in [0.2, 0.25) is 0 Å². The maximum absolute atomic E-state index is 13.8. The van der Waals surface area contributed by atoms with Gasteiger partial charge >= 0.3 is 0 Å². The highest BCUT2D eigenvalue weighted by Gasteiger charge is 2.41. The van der Waals surface area contributed by atoms with E-state index >= 15 is 0 Å². The molecule has 0 aliphatic heterocycles. The molecular weight excluding hydrogens is 443 g/mol. The Kier molecular flexibility index (Phi) is 9.31. The molecule has 0 N–H and O–H groups in total. The first-order valence-corrected chi connectivity index (χ1v) is 13.6. The number of halogens is 1. The van der Waals surface area contributed by atoms with Crippen molar-refractivity contribution >= 4 is 0 Å². The lowest BCUT2D eigenvalue weighted by molar-refractivity contribution is 0.144. The first kappa shape index (κ1) is 26.1. The number of nitrogens with zero attached hydrogens (tertiary/aromatic N) is 2. The first-order chi connectivity index (χ1) is 17.6. The van der Waals surface area contributed by atoms with E-state index in [0.29, 0.717) is 12.0 Å². The van der Waals surface area contributed by atoms with Gasteiger partial charge in [0.25, 0.3) is 0 Å². The van der Waals surface area contributed by atoms with Crippen LogP contribution in [0.15, 0.2) is 84.9 Å². The Hall–Kier alpha value is -2.96. The second kappa shape index (κ2) is 12.8. The molecule has 0 radical (unpaired) electrons. The normalized spacial score (nSPS) is 16.8. The molecule has 3 aromatic carbocycles. The topological polar surface area (TPSA) is 27.0 Å². The molecule has 0 bridgehead atoms. The van der Waals surface area contributed by atoms with Gasteiger partial charge in [0, 0.05) is 19.1 Å². The molecule has 1 aliphatic carbocycles. The minimum absolute atomic E-state index is 0.238. The van der Waals surface area contributed by atoms with Gasteiger partial charge in [-0.15, -0.1) is 0 Å². The molecule has 36 heavy (non-hydrogen) atoms. The number of benzene rings is 3. The van der Waals surface area contributed by atoms with Crippen molar-refractivity contribution in [3.05, 3.63) is 107 Å².